The molecule has 0 N–H and O–H groups in total. The number of halogens is 10. The molecule has 0 fully saturated rings. The van der Waals surface area contributed by atoms with Gasteiger partial charge in [-0.1, -0.05) is 0 Å². The molecule has 3 nitrogen and oxygen atoms in total. The van der Waals surface area contributed by atoms with Crippen LogP contribution in [0.5, 0.6) is 0 Å². The summed E-state index contributed by atoms with van der Waals surface area (Å²) in [6.07, 6.45) is -25.3. The van der Waals surface area contributed by atoms with Gasteiger partial charge in [0.15, 0.2) is 0 Å². The van der Waals surface area contributed by atoms with Crippen LogP contribution in [-0.4, -0.2) is 24.6 Å². The van der Waals surface area contributed by atoms with Gasteiger partial charge in [0, 0.05) is 0 Å². The van der Waals surface area contributed by atoms with Crippen LogP contribution in [0.25, 0.3) is 0 Å². The largest absolute Gasteiger partial charge is 1.00 e. The summed E-state index contributed by atoms with van der Waals surface area (Å²) in [5.41, 5.74) is 0. The Morgan fingerprint density at radius 1 is 0.667 bits per heavy atom. The van der Waals surface area contributed by atoms with Gasteiger partial charge in [-0.2, -0.15) is 43.9 Å². The van der Waals surface area contributed by atoms with E-state index in [0.29, 0.717) is 0 Å². The lowest BCUT2D eigenvalue weighted by molar-refractivity contribution is -0.379. The molecule has 110 valence electrons. The summed E-state index contributed by atoms with van der Waals surface area (Å²) in [6, 6.07) is 0. The molecule has 0 unspecified atom stereocenters. The zero-order valence-corrected chi connectivity index (χ0v) is 8.50. The minimum absolute atomic E-state index is 0. The van der Waals surface area contributed by atoms with E-state index < -0.39 is 32.8 Å². The fourth-order valence-electron chi connectivity index (χ4n) is 0.346. The maximum Gasteiger partial charge on any atom is 1.00 e. The van der Waals surface area contributed by atoms with Crippen LogP contribution in [0, 0.1) is 0 Å². The minimum Gasteiger partial charge on any atom is -0.263 e. The predicted molar refractivity (Wildman–Crippen MR) is 35.4 cm³/mol. The lowest BCUT2D eigenvalue weighted by Gasteiger charge is -2.22. The highest BCUT2D eigenvalue weighted by molar-refractivity contribution is 7.33. The van der Waals surface area contributed by atoms with E-state index in [-0.39, 0.29) is 2.85 Å². The summed E-state index contributed by atoms with van der Waals surface area (Å²) in [7, 11) is -5.46. The van der Waals surface area contributed by atoms with Gasteiger partial charge in [-0.3, -0.25) is 4.57 Å². The van der Waals surface area contributed by atoms with Gasteiger partial charge in [-0.05, 0) is 0 Å². The van der Waals surface area contributed by atoms with Crippen LogP contribution in [0.4, 0.5) is 43.9 Å². The van der Waals surface area contributed by atoms with Crippen molar-refractivity contribution in [3.63, 3.8) is 0 Å². The average molecular weight is 320 g/mol. The van der Waals surface area contributed by atoms with Gasteiger partial charge in [-0.25, -0.2) is 9.05 Å². The van der Waals surface area contributed by atoms with Crippen LogP contribution in [-0.2, 0) is 13.6 Å². The van der Waals surface area contributed by atoms with Crippen molar-refractivity contribution < 1.29 is 60.4 Å². The monoisotopic (exact) mass is 320 g/mol. The molecule has 14 heteroatoms. The molecule has 0 aromatic heterocycles. The van der Waals surface area contributed by atoms with Crippen molar-refractivity contribution >= 4 is 8.25 Å². The molecule has 0 amide bonds. The highest BCUT2D eigenvalue weighted by Crippen LogP contribution is 2.49. The smallest absolute Gasteiger partial charge is 0.263 e. The molecule has 0 saturated carbocycles. The van der Waals surface area contributed by atoms with E-state index in [1.807, 2.05) is 0 Å². The molecule has 0 spiro atoms. The summed E-state index contributed by atoms with van der Waals surface area (Å²) < 4.78 is 131. The quantitative estimate of drug-likeness (QED) is 0.581. The Morgan fingerprint density at radius 2 is 0.889 bits per heavy atom. The van der Waals surface area contributed by atoms with Gasteiger partial charge in [0.1, 0.15) is 0 Å². The highest BCUT2D eigenvalue weighted by atomic mass is 31.1. The van der Waals surface area contributed by atoms with Gasteiger partial charge in [0.05, 0.1) is 0 Å². The highest BCUT2D eigenvalue weighted by Gasteiger charge is 2.64. The van der Waals surface area contributed by atoms with Crippen LogP contribution in [0.15, 0.2) is 0 Å². The third kappa shape index (κ3) is 4.28. The number of alkyl halides is 10. The van der Waals surface area contributed by atoms with E-state index in [1.54, 1.807) is 0 Å². The molecule has 0 aliphatic rings. The zero-order chi connectivity index (χ0) is 15.0. The summed E-state index contributed by atoms with van der Waals surface area (Å²) in [4.78, 5) is 0. The van der Waals surface area contributed by atoms with Crippen molar-refractivity contribution in [3.8, 4) is 0 Å². The van der Waals surface area contributed by atoms with Crippen molar-refractivity contribution in [2.75, 3.05) is 0 Å². The topological polar surface area (TPSA) is 35.5 Å². The summed E-state index contributed by atoms with van der Waals surface area (Å²) >= 11 is 0. The van der Waals surface area contributed by atoms with Gasteiger partial charge >= 0.3 is 35.7 Å². The third-order valence-corrected chi connectivity index (χ3v) is 1.93. The standard InChI is InChI=1S/C4HF10O3P/c5-1(6,7)3(11,12)16-18(15)17-4(13,14)2(8,9)10/h18H/p+2. The number of hydrogen-bond acceptors (Lipinski definition) is 3. The molecule has 0 aromatic carbocycles. The van der Waals surface area contributed by atoms with Crippen LogP contribution < -0.4 is 0 Å². The van der Waals surface area contributed by atoms with Crippen molar-refractivity contribution in [1.82, 2.24) is 0 Å². The van der Waals surface area contributed by atoms with E-state index in [1.165, 1.54) is 0 Å². The lowest BCUT2D eigenvalue weighted by Crippen LogP contribution is -2.40. The van der Waals surface area contributed by atoms with Crippen molar-refractivity contribution in [2.45, 2.75) is 24.6 Å². The molecular formula is C4H3F10O3P+2. The van der Waals surface area contributed by atoms with E-state index in [0.717, 1.165) is 0 Å². The minimum atomic E-state index is -6.45. The normalized spacial score (nSPS) is 15.3. The molecule has 0 aliphatic heterocycles. The molecule has 0 saturated heterocycles. The van der Waals surface area contributed by atoms with Gasteiger partial charge < -0.3 is 0 Å². The molecule has 0 heterocycles. The van der Waals surface area contributed by atoms with Gasteiger partial charge in [-0.15, -0.1) is 0 Å². The molecule has 0 aliphatic carbocycles. The van der Waals surface area contributed by atoms with E-state index in [9.17, 15) is 48.5 Å². The van der Waals surface area contributed by atoms with Crippen LogP contribution in [0.2, 0.25) is 0 Å². The maximum absolute atomic E-state index is 11.9. The summed E-state index contributed by atoms with van der Waals surface area (Å²) in [5, 5.41) is 0. The van der Waals surface area contributed by atoms with Crippen LogP contribution >= 0.6 is 8.25 Å². The Hall–Kier alpha value is -0.550. The van der Waals surface area contributed by atoms with Gasteiger partial charge in [0.2, 0.25) is 0 Å². The predicted octanol–water partition coefficient (Wildman–Crippen LogP) is 3.94. The molecule has 18 heavy (non-hydrogen) atoms. The first-order chi connectivity index (χ1) is 7.60. The second-order valence-electron chi connectivity index (χ2n) is 2.48. The second-order valence-corrected chi connectivity index (χ2v) is 3.39. The lowest BCUT2D eigenvalue weighted by atomic mass is 10.6. The van der Waals surface area contributed by atoms with Crippen molar-refractivity contribution in [1.29, 1.82) is 0 Å². The van der Waals surface area contributed by atoms with Crippen LogP contribution in [0.1, 0.15) is 2.85 Å². The van der Waals surface area contributed by atoms with Crippen molar-refractivity contribution in [3.05, 3.63) is 0 Å². The number of hydrogen-bond donors (Lipinski definition) is 0. The Morgan fingerprint density at radius 3 is 1.06 bits per heavy atom. The SMILES string of the molecule is O=[PH](OC(F)(F)C(F)(F)F)OC(F)(F)C(F)(F)F.[H+].[H+]. The van der Waals surface area contributed by atoms with E-state index in [4.69, 9.17) is 0 Å². The maximum atomic E-state index is 11.9. The summed E-state index contributed by atoms with van der Waals surface area (Å²) in [5.74, 6) is 0. The first-order valence-corrected chi connectivity index (χ1v) is 4.64. The molecular weight excluding hydrogens is 317 g/mol. The average Bonchev–Trinajstić information content (AvgIpc) is 1.95. The van der Waals surface area contributed by atoms with Gasteiger partial charge in [0.25, 0.3) is 0 Å². The second kappa shape index (κ2) is 4.85. The molecule has 0 rings (SSSR count). The molecule has 0 aromatic rings. The Bertz CT molecular complexity index is 297. The van der Waals surface area contributed by atoms with Crippen molar-refractivity contribution in [2.24, 2.45) is 0 Å². The number of rotatable bonds is 4. The van der Waals surface area contributed by atoms with E-state index >= 15 is 0 Å². The Balaban J connectivity index is -0.00000144. The molecule has 0 bridgehead atoms. The van der Waals surface area contributed by atoms with Crippen LogP contribution in [0.3, 0.4) is 0 Å². The zero-order valence-electron chi connectivity index (χ0n) is 9.50. The van der Waals surface area contributed by atoms with E-state index in [2.05, 4.69) is 9.05 Å². The fourth-order valence-corrected chi connectivity index (χ4v) is 1.04. The summed E-state index contributed by atoms with van der Waals surface area (Å²) in [6.45, 7) is 0. The first kappa shape index (κ1) is 17.4. The Kier molecular flexibility index (Phi) is 4.70. The molecule has 0 atom stereocenters. The first-order valence-electron chi connectivity index (χ1n) is 3.41. The fraction of sp³-hybridized carbons (Fsp3) is 1.00. The Labute approximate surface area is 94.6 Å². The molecule has 0 radical (unpaired) electrons. The third-order valence-electron chi connectivity index (χ3n) is 1.08.